The topological polar surface area (TPSA) is 105 Å². The molecule has 3 aliphatic carbocycles. The molecule has 0 radical (unpaired) electrons. The lowest BCUT2D eigenvalue weighted by atomic mass is 9.37. The lowest BCUT2D eigenvalue weighted by molar-refractivity contribution is -0.277. The summed E-state index contributed by atoms with van der Waals surface area (Å²) in [4.78, 5) is 51.5. The van der Waals surface area contributed by atoms with Crippen molar-refractivity contribution >= 4 is 23.9 Å². The Balaban J connectivity index is 1.94. The summed E-state index contributed by atoms with van der Waals surface area (Å²) in [6, 6.07) is 0. The molecule has 35 heavy (non-hydrogen) atoms. The summed E-state index contributed by atoms with van der Waals surface area (Å²) in [6.07, 6.45) is 3.35. The van der Waals surface area contributed by atoms with Crippen LogP contribution < -0.4 is 0 Å². The molecule has 0 N–H and O–H groups in total. The molecular formula is C27H40O8. The predicted molar refractivity (Wildman–Crippen MR) is 125 cm³/mol. The fourth-order valence-corrected chi connectivity index (χ4v) is 8.76. The molecule has 4 fully saturated rings. The summed E-state index contributed by atoms with van der Waals surface area (Å²) in [7, 11) is 1.32. The summed E-state index contributed by atoms with van der Waals surface area (Å²) >= 11 is 0. The molecule has 1 heterocycles. The fourth-order valence-electron chi connectivity index (χ4n) is 8.76. The molecule has 8 atom stereocenters. The van der Waals surface area contributed by atoms with Gasteiger partial charge in [0.2, 0.25) is 0 Å². The SMILES string of the molecule is CCCC(=O)OC1C2C(C)(C)CCCC2(C)C2CCC(C(=O)OC)C3C(=O)OCC32C1OC(C)=O. The van der Waals surface area contributed by atoms with Crippen molar-refractivity contribution in [3.8, 4) is 0 Å². The van der Waals surface area contributed by atoms with E-state index >= 15 is 0 Å². The molecule has 4 aliphatic rings. The first-order chi connectivity index (χ1) is 16.4. The largest absolute Gasteiger partial charge is 0.469 e. The number of ether oxygens (including phenoxy) is 4. The van der Waals surface area contributed by atoms with Gasteiger partial charge in [0.25, 0.3) is 0 Å². The summed E-state index contributed by atoms with van der Waals surface area (Å²) in [5.41, 5.74) is -1.43. The Kier molecular flexibility index (Phi) is 6.73. The highest BCUT2D eigenvalue weighted by molar-refractivity contribution is 5.85. The number of cyclic esters (lactones) is 1. The quantitative estimate of drug-likeness (QED) is 0.421. The van der Waals surface area contributed by atoms with Crippen molar-refractivity contribution in [1.82, 2.24) is 0 Å². The molecular weight excluding hydrogens is 452 g/mol. The summed E-state index contributed by atoms with van der Waals surface area (Å²) < 4.78 is 23.1. The molecule has 0 amide bonds. The van der Waals surface area contributed by atoms with Crippen molar-refractivity contribution in [2.24, 2.45) is 39.9 Å². The second-order valence-corrected chi connectivity index (χ2v) is 12.0. The lowest BCUT2D eigenvalue weighted by Crippen LogP contribution is -2.72. The minimum absolute atomic E-state index is 0.0389. The van der Waals surface area contributed by atoms with E-state index in [2.05, 4.69) is 20.8 Å². The molecule has 0 aromatic rings. The average molecular weight is 493 g/mol. The lowest BCUT2D eigenvalue weighted by Gasteiger charge is -2.68. The van der Waals surface area contributed by atoms with Gasteiger partial charge in [-0.1, -0.05) is 34.1 Å². The number of carbonyl (C=O) groups is 4. The zero-order chi connectivity index (χ0) is 25.8. The zero-order valence-electron chi connectivity index (χ0n) is 21.9. The molecule has 8 unspecified atom stereocenters. The van der Waals surface area contributed by atoms with Gasteiger partial charge >= 0.3 is 23.9 Å². The van der Waals surface area contributed by atoms with Crippen LogP contribution in [0, 0.1) is 39.9 Å². The van der Waals surface area contributed by atoms with Crippen molar-refractivity contribution in [1.29, 1.82) is 0 Å². The molecule has 1 saturated heterocycles. The van der Waals surface area contributed by atoms with Crippen LogP contribution in [-0.2, 0) is 38.1 Å². The Morgan fingerprint density at radius 1 is 1.09 bits per heavy atom. The minimum Gasteiger partial charge on any atom is -0.469 e. The molecule has 3 saturated carbocycles. The van der Waals surface area contributed by atoms with E-state index in [1.165, 1.54) is 14.0 Å². The third-order valence-corrected chi connectivity index (χ3v) is 9.68. The van der Waals surface area contributed by atoms with Gasteiger partial charge in [-0.2, -0.15) is 0 Å². The fraction of sp³-hybridized carbons (Fsp3) is 0.852. The number of fused-ring (bicyclic) bond motifs is 2. The number of carbonyl (C=O) groups excluding carboxylic acids is 4. The number of hydrogen-bond donors (Lipinski definition) is 0. The molecule has 0 aromatic heterocycles. The molecule has 196 valence electrons. The van der Waals surface area contributed by atoms with Crippen LogP contribution in [0.1, 0.15) is 79.6 Å². The number of methoxy groups -OCH3 is 1. The van der Waals surface area contributed by atoms with Crippen LogP contribution in [0.15, 0.2) is 0 Å². The monoisotopic (exact) mass is 492 g/mol. The second-order valence-electron chi connectivity index (χ2n) is 12.0. The van der Waals surface area contributed by atoms with E-state index < -0.39 is 47.4 Å². The van der Waals surface area contributed by atoms with E-state index in [9.17, 15) is 19.2 Å². The Morgan fingerprint density at radius 3 is 2.43 bits per heavy atom. The van der Waals surface area contributed by atoms with Gasteiger partial charge in [0, 0.05) is 19.3 Å². The van der Waals surface area contributed by atoms with Gasteiger partial charge in [-0.25, -0.2) is 0 Å². The molecule has 1 spiro atoms. The third-order valence-electron chi connectivity index (χ3n) is 9.68. The van der Waals surface area contributed by atoms with E-state index in [1.54, 1.807) is 0 Å². The van der Waals surface area contributed by atoms with Gasteiger partial charge < -0.3 is 18.9 Å². The van der Waals surface area contributed by atoms with Gasteiger partial charge in [0.1, 0.15) is 18.8 Å². The van der Waals surface area contributed by atoms with Crippen LogP contribution >= 0.6 is 0 Å². The number of rotatable bonds is 5. The summed E-state index contributed by atoms with van der Waals surface area (Å²) in [5, 5.41) is 0. The van der Waals surface area contributed by atoms with Crippen LogP contribution in [-0.4, -0.2) is 49.8 Å². The van der Waals surface area contributed by atoms with Gasteiger partial charge in [-0.05, 0) is 48.9 Å². The molecule has 8 nitrogen and oxygen atoms in total. The smallest absolute Gasteiger partial charge is 0.310 e. The van der Waals surface area contributed by atoms with Crippen LogP contribution in [0.4, 0.5) is 0 Å². The number of esters is 4. The average Bonchev–Trinajstić information content (AvgIpc) is 3.12. The maximum Gasteiger partial charge on any atom is 0.310 e. The first kappa shape index (κ1) is 26.0. The normalized spacial score (nSPS) is 41.5. The van der Waals surface area contributed by atoms with Crippen molar-refractivity contribution in [3.63, 3.8) is 0 Å². The van der Waals surface area contributed by atoms with E-state index in [4.69, 9.17) is 18.9 Å². The molecule has 0 aromatic carbocycles. The van der Waals surface area contributed by atoms with E-state index in [-0.39, 0.29) is 41.7 Å². The van der Waals surface area contributed by atoms with Gasteiger partial charge in [0.15, 0.2) is 0 Å². The van der Waals surface area contributed by atoms with E-state index in [0.717, 1.165) is 19.3 Å². The predicted octanol–water partition coefficient (Wildman–Crippen LogP) is 3.83. The highest BCUT2D eigenvalue weighted by atomic mass is 16.6. The maximum atomic E-state index is 13.3. The molecule has 0 bridgehead atoms. The third kappa shape index (κ3) is 3.86. The first-order valence-corrected chi connectivity index (χ1v) is 13.0. The second kappa shape index (κ2) is 9.07. The summed E-state index contributed by atoms with van der Waals surface area (Å²) in [6.45, 7) is 9.93. The Bertz CT molecular complexity index is 896. The Morgan fingerprint density at radius 2 is 1.80 bits per heavy atom. The highest BCUT2D eigenvalue weighted by Gasteiger charge is 2.76. The first-order valence-electron chi connectivity index (χ1n) is 13.0. The zero-order valence-corrected chi connectivity index (χ0v) is 21.9. The molecule has 4 rings (SSSR count). The van der Waals surface area contributed by atoms with Crippen LogP contribution in [0.3, 0.4) is 0 Å². The van der Waals surface area contributed by atoms with Crippen molar-refractivity contribution in [2.75, 3.05) is 13.7 Å². The standard InChI is InChI=1S/C27H40O8/c1-7-9-18(29)35-20-21-25(3,4)12-8-13-26(21,5)17-11-10-16(23(30)32-6)19-24(31)33-14-27(17,19)22(20)34-15(2)28/h16-17,19-22H,7-14H2,1-6H3. The van der Waals surface area contributed by atoms with Crippen LogP contribution in [0.25, 0.3) is 0 Å². The van der Waals surface area contributed by atoms with Crippen LogP contribution in [0.2, 0.25) is 0 Å². The summed E-state index contributed by atoms with van der Waals surface area (Å²) in [5.74, 6) is -3.37. The van der Waals surface area contributed by atoms with Gasteiger partial charge in [-0.3, -0.25) is 19.2 Å². The number of hydrogen-bond acceptors (Lipinski definition) is 8. The molecule has 1 aliphatic heterocycles. The van der Waals surface area contributed by atoms with E-state index in [1.807, 2.05) is 6.92 Å². The van der Waals surface area contributed by atoms with Gasteiger partial charge in [0.05, 0.1) is 24.4 Å². The van der Waals surface area contributed by atoms with Crippen molar-refractivity contribution in [2.45, 2.75) is 91.8 Å². The maximum absolute atomic E-state index is 13.3. The molecule has 8 heteroatoms. The van der Waals surface area contributed by atoms with Crippen molar-refractivity contribution in [3.05, 3.63) is 0 Å². The van der Waals surface area contributed by atoms with E-state index in [0.29, 0.717) is 19.3 Å². The Labute approximate surface area is 207 Å². The highest BCUT2D eigenvalue weighted by Crippen LogP contribution is 2.71. The Hall–Kier alpha value is -2.12. The minimum atomic E-state index is -0.963. The van der Waals surface area contributed by atoms with Crippen molar-refractivity contribution < 1.29 is 38.1 Å². The van der Waals surface area contributed by atoms with Crippen LogP contribution in [0.5, 0.6) is 0 Å². The van der Waals surface area contributed by atoms with Gasteiger partial charge in [-0.15, -0.1) is 0 Å².